The molecule has 0 fully saturated rings. The van der Waals surface area contributed by atoms with E-state index in [0.29, 0.717) is 0 Å². The first-order valence-electron chi connectivity index (χ1n) is 2.64. The lowest BCUT2D eigenvalue weighted by atomic mass is 10.2. The van der Waals surface area contributed by atoms with Crippen molar-refractivity contribution in [2.45, 2.75) is 25.4 Å². The second-order valence-corrected chi connectivity index (χ2v) is 1.80. The van der Waals surface area contributed by atoms with Crippen molar-refractivity contribution in [1.82, 2.24) is 0 Å². The van der Waals surface area contributed by atoms with E-state index in [9.17, 15) is 14.5 Å². The summed E-state index contributed by atoms with van der Waals surface area (Å²) in [6.45, 7) is 1.16. The number of nitrogens with zero attached hydrogens (tertiary/aromatic N) is 1. The molecule has 10 heavy (non-hydrogen) atoms. The van der Waals surface area contributed by atoms with Crippen LogP contribution in [0.2, 0.25) is 0 Å². The lowest BCUT2D eigenvalue weighted by Crippen LogP contribution is -2.44. The molecule has 2 N–H and O–H groups in total. The van der Waals surface area contributed by atoms with E-state index in [-0.39, 0.29) is 0 Å². The van der Waals surface area contributed by atoms with Gasteiger partial charge in [-0.3, -0.25) is 10.1 Å². The maximum Gasteiger partial charge on any atom is 0.407 e. The maximum atomic E-state index is 12.6. The summed E-state index contributed by atoms with van der Waals surface area (Å²) in [5, 5.41) is 26.2. The first-order valence-corrected chi connectivity index (χ1v) is 2.64. The van der Waals surface area contributed by atoms with Crippen molar-refractivity contribution in [2.24, 2.45) is 0 Å². The number of rotatable bonds is 3. The molecule has 0 heterocycles. The molecule has 0 aromatic heterocycles. The molecule has 5 nitrogen and oxygen atoms in total. The number of aliphatic hydroxyl groups is 2. The summed E-state index contributed by atoms with van der Waals surface area (Å²) in [4.78, 5) is 8.45. The highest BCUT2D eigenvalue weighted by atomic mass is 19.1. The Morgan fingerprint density at radius 3 is 2.20 bits per heavy atom. The second kappa shape index (κ2) is 2.89. The van der Waals surface area contributed by atoms with Gasteiger partial charge in [0.15, 0.2) is 0 Å². The number of hydrogen-bond acceptors (Lipinski definition) is 4. The summed E-state index contributed by atoms with van der Waals surface area (Å²) in [5.41, 5.74) is 0. The summed E-state index contributed by atoms with van der Waals surface area (Å²) < 4.78 is 12.6. The number of nitro groups is 1. The molecule has 0 saturated carbocycles. The summed E-state index contributed by atoms with van der Waals surface area (Å²) in [7, 11) is 0. The Bertz CT molecular complexity index is 139. The van der Waals surface area contributed by atoms with Gasteiger partial charge in [0, 0.05) is 0 Å². The number of hydrogen-bond donors (Lipinski definition) is 2. The number of alkyl halides is 1. The van der Waals surface area contributed by atoms with Crippen molar-refractivity contribution in [2.75, 3.05) is 0 Å². The van der Waals surface area contributed by atoms with Gasteiger partial charge in [-0.2, -0.15) is 4.39 Å². The Hall–Kier alpha value is -0.750. The van der Waals surface area contributed by atoms with Crippen LogP contribution in [0.3, 0.4) is 0 Å². The third-order valence-electron chi connectivity index (χ3n) is 1.20. The van der Waals surface area contributed by atoms with Crippen molar-refractivity contribution in [3.63, 3.8) is 0 Å². The van der Waals surface area contributed by atoms with Crippen LogP contribution in [0.1, 0.15) is 13.3 Å². The highest BCUT2D eigenvalue weighted by molar-refractivity contribution is 4.65. The minimum atomic E-state index is -3.12. The fraction of sp³-hybridized carbons (Fsp3) is 1.00. The van der Waals surface area contributed by atoms with E-state index in [0.717, 1.165) is 6.92 Å². The highest BCUT2D eigenvalue weighted by Crippen LogP contribution is 2.19. The maximum absolute atomic E-state index is 12.6. The van der Waals surface area contributed by atoms with Gasteiger partial charge in [0.2, 0.25) is 0 Å². The molecule has 0 aliphatic heterocycles. The van der Waals surface area contributed by atoms with Crippen LogP contribution in [-0.2, 0) is 0 Å². The number of aliphatic hydroxyl groups excluding tert-OH is 1. The lowest BCUT2D eigenvalue weighted by molar-refractivity contribution is -0.632. The van der Waals surface area contributed by atoms with E-state index in [2.05, 4.69) is 0 Å². The van der Waals surface area contributed by atoms with E-state index in [1.807, 2.05) is 0 Å². The van der Waals surface area contributed by atoms with Gasteiger partial charge in [-0.25, -0.2) is 0 Å². The topological polar surface area (TPSA) is 83.6 Å². The smallest absolute Gasteiger partial charge is 0.360 e. The molecule has 0 bridgehead atoms. The quantitative estimate of drug-likeness (QED) is 0.251. The van der Waals surface area contributed by atoms with Gasteiger partial charge in [0.25, 0.3) is 6.29 Å². The van der Waals surface area contributed by atoms with Gasteiger partial charge < -0.3 is 10.2 Å². The largest absolute Gasteiger partial charge is 0.407 e. The zero-order chi connectivity index (χ0) is 8.36. The summed E-state index contributed by atoms with van der Waals surface area (Å²) in [5.74, 6) is -3.12. The molecule has 0 amide bonds. The molecule has 6 heteroatoms. The molecule has 1 unspecified atom stereocenters. The van der Waals surface area contributed by atoms with Crippen LogP contribution >= 0.6 is 0 Å². The van der Waals surface area contributed by atoms with Crippen LogP contribution in [0.5, 0.6) is 0 Å². The summed E-state index contributed by atoms with van der Waals surface area (Å²) in [6.07, 6.45) is -3.13. The van der Waals surface area contributed by atoms with Crippen LogP contribution in [0, 0.1) is 10.1 Å². The molecule has 0 radical (unpaired) electrons. The van der Waals surface area contributed by atoms with Crippen LogP contribution in [-0.4, -0.2) is 27.2 Å². The SMILES string of the molecule is CCC(F)(C(O)O)[N+](=O)[O-]. The van der Waals surface area contributed by atoms with Gasteiger partial charge in [-0.15, -0.1) is 0 Å². The Morgan fingerprint density at radius 1 is 1.80 bits per heavy atom. The molecule has 0 aliphatic rings. The van der Waals surface area contributed by atoms with Gasteiger partial charge in [-0.05, 0) is 0 Å². The molecular weight excluding hydrogens is 145 g/mol. The Balaban J connectivity index is 4.38. The van der Waals surface area contributed by atoms with Crippen molar-refractivity contribution in [1.29, 1.82) is 0 Å². The summed E-state index contributed by atoms with van der Waals surface area (Å²) in [6, 6.07) is 0. The standard InChI is InChI=1S/C4H8FNO4/c1-2-4(5,3(7)8)6(9)10/h3,7-8H,2H2,1H3. The average molecular weight is 153 g/mol. The third kappa shape index (κ3) is 1.39. The van der Waals surface area contributed by atoms with Crippen LogP contribution in [0.25, 0.3) is 0 Å². The van der Waals surface area contributed by atoms with Gasteiger partial charge >= 0.3 is 5.79 Å². The molecule has 0 spiro atoms. The highest BCUT2D eigenvalue weighted by Gasteiger charge is 2.48. The van der Waals surface area contributed by atoms with E-state index in [1.54, 1.807) is 0 Å². The third-order valence-corrected chi connectivity index (χ3v) is 1.20. The molecular formula is C4H8FNO4. The molecule has 60 valence electrons. The monoisotopic (exact) mass is 153 g/mol. The number of halogens is 1. The fourth-order valence-corrected chi connectivity index (χ4v) is 0.406. The molecule has 1 atom stereocenters. The minimum Gasteiger partial charge on any atom is -0.360 e. The minimum absolute atomic E-state index is 0.572. The molecule has 0 aromatic carbocycles. The van der Waals surface area contributed by atoms with Gasteiger partial charge in [0.05, 0.1) is 11.3 Å². The predicted molar refractivity (Wildman–Crippen MR) is 29.3 cm³/mol. The lowest BCUT2D eigenvalue weighted by Gasteiger charge is -2.15. The van der Waals surface area contributed by atoms with Crippen LogP contribution in [0.4, 0.5) is 4.39 Å². The molecule has 0 saturated heterocycles. The van der Waals surface area contributed by atoms with Crippen molar-refractivity contribution in [3.8, 4) is 0 Å². The first-order chi connectivity index (χ1) is 4.45. The van der Waals surface area contributed by atoms with Crippen molar-refractivity contribution >= 4 is 0 Å². The zero-order valence-corrected chi connectivity index (χ0v) is 5.32. The normalized spacial score (nSPS) is 16.9. The van der Waals surface area contributed by atoms with Crippen LogP contribution < -0.4 is 0 Å². The van der Waals surface area contributed by atoms with Gasteiger partial charge in [-0.1, -0.05) is 6.92 Å². The van der Waals surface area contributed by atoms with E-state index in [4.69, 9.17) is 10.2 Å². The molecule has 0 rings (SSSR count). The van der Waals surface area contributed by atoms with Crippen molar-refractivity contribution in [3.05, 3.63) is 10.1 Å². The van der Waals surface area contributed by atoms with Crippen LogP contribution in [0.15, 0.2) is 0 Å². The zero-order valence-electron chi connectivity index (χ0n) is 5.32. The van der Waals surface area contributed by atoms with E-state index < -0.39 is 23.4 Å². The van der Waals surface area contributed by atoms with E-state index in [1.165, 1.54) is 0 Å². The Morgan fingerprint density at radius 2 is 2.20 bits per heavy atom. The summed E-state index contributed by atoms with van der Waals surface area (Å²) >= 11 is 0. The van der Waals surface area contributed by atoms with Gasteiger partial charge in [0.1, 0.15) is 0 Å². The second-order valence-electron chi connectivity index (χ2n) is 1.80. The van der Waals surface area contributed by atoms with Crippen molar-refractivity contribution < 1.29 is 19.5 Å². The predicted octanol–water partition coefficient (Wildman–Crippen LogP) is -0.350. The average Bonchev–Trinajstić information content (AvgIpc) is 1.85. The molecule has 0 aromatic rings. The Labute approximate surface area is 56.2 Å². The Kier molecular flexibility index (Phi) is 2.67. The van der Waals surface area contributed by atoms with E-state index >= 15 is 0 Å². The first kappa shape index (κ1) is 9.25. The fourth-order valence-electron chi connectivity index (χ4n) is 0.406. The molecule has 0 aliphatic carbocycles.